The Hall–Kier alpha value is -1.46. The van der Waals surface area contributed by atoms with Crippen molar-refractivity contribution >= 4 is 29.3 Å². The average molecular weight is 336 g/mol. The molecule has 116 valence electrons. The number of rotatable bonds is 3. The third-order valence-electron chi connectivity index (χ3n) is 3.80. The fraction of sp³-hybridized carbons (Fsp3) is 0.375. The van der Waals surface area contributed by atoms with Gasteiger partial charge in [-0.1, -0.05) is 29.8 Å². The Labute approximate surface area is 139 Å². The smallest absolute Gasteiger partial charge is 0.244 e. The summed E-state index contributed by atoms with van der Waals surface area (Å²) >= 11 is 8.18. The van der Waals surface area contributed by atoms with Crippen molar-refractivity contribution in [1.82, 2.24) is 14.7 Å². The third-order valence-corrected chi connectivity index (χ3v) is 5.46. The highest BCUT2D eigenvalue weighted by Gasteiger charge is 2.23. The molecule has 1 saturated heterocycles. The molecule has 1 aromatic carbocycles. The number of hydrogen-bond donors (Lipinski definition) is 0. The number of thioether (sulfide) groups is 1. The van der Waals surface area contributed by atoms with E-state index in [4.69, 9.17) is 11.6 Å². The second kappa shape index (κ2) is 7.20. The van der Waals surface area contributed by atoms with Crippen molar-refractivity contribution in [2.24, 2.45) is 0 Å². The summed E-state index contributed by atoms with van der Waals surface area (Å²) < 4.78 is 1.67. The molecule has 4 nitrogen and oxygen atoms in total. The molecule has 0 N–H and O–H groups in total. The minimum atomic E-state index is 0.129. The maximum absolute atomic E-state index is 12.4. The highest BCUT2D eigenvalue weighted by atomic mass is 35.5. The van der Waals surface area contributed by atoms with Crippen molar-refractivity contribution in [3.8, 4) is 0 Å². The van der Waals surface area contributed by atoms with E-state index in [1.54, 1.807) is 10.9 Å². The van der Waals surface area contributed by atoms with Gasteiger partial charge in [-0.3, -0.25) is 9.48 Å². The van der Waals surface area contributed by atoms with Gasteiger partial charge in [-0.15, -0.1) is 0 Å². The fourth-order valence-corrected chi connectivity index (χ4v) is 4.24. The molecule has 1 aromatic heterocycles. The molecule has 3 rings (SSSR count). The zero-order chi connectivity index (χ0) is 15.4. The summed E-state index contributed by atoms with van der Waals surface area (Å²) in [7, 11) is 0. The van der Waals surface area contributed by atoms with Gasteiger partial charge in [0.25, 0.3) is 0 Å². The molecule has 0 unspecified atom stereocenters. The van der Waals surface area contributed by atoms with Gasteiger partial charge in [-0.2, -0.15) is 16.9 Å². The maximum atomic E-state index is 12.4. The summed E-state index contributed by atoms with van der Waals surface area (Å²) in [4.78, 5) is 14.3. The van der Waals surface area contributed by atoms with Crippen LogP contribution in [-0.4, -0.2) is 39.4 Å². The van der Waals surface area contributed by atoms with Crippen LogP contribution >= 0.6 is 23.4 Å². The molecule has 2 heterocycles. The lowest BCUT2D eigenvalue weighted by Crippen LogP contribution is -2.35. The number of carbonyl (C=O) groups is 1. The Morgan fingerprint density at radius 2 is 2.18 bits per heavy atom. The molecule has 0 spiro atoms. The number of amides is 1. The number of aromatic nitrogens is 2. The molecule has 0 saturated carbocycles. The minimum Gasteiger partial charge on any atom is -0.340 e. The first-order valence-corrected chi connectivity index (χ1v) is 8.78. The molecule has 1 amide bonds. The molecule has 0 radical (unpaired) electrons. The van der Waals surface area contributed by atoms with Crippen LogP contribution < -0.4 is 0 Å². The first-order chi connectivity index (χ1) is 10.7. The predicted octanol–water partition coefficient (Wildman–Crippen LogP) is 3.24. The van der Waals surface area contributed by atoms with E-state index in [9.17, 15) is 4.79 Å². The molecule has 1 atom stereocenters. The highest BCUT2D eigenvalue weighted by Crippen LogP contribution is 2.37. The lowest BCUT2D eigenvalue weighted by Gasteiger charge is -2.20. The summed E-state index contributed by atoms with van der Waals surface area (Å²) in [6.07, 6.45) is 4.44. The van der Waals surface area contributed by atoms with Gasteiger partial charge in [0, 0.05) is 41.5 Å². The zero-order valence-electron chi connectivity index (χ0n) is 12.2. The molecule has 6 heteroatoms. The second-order valence-electron chi connectivity index (χ2n) is 5.25. The van der Waals surface area contributed by atoms with E-state index in [-0.39, 0.29) is 5.91 Å². The van der Waals surface area contributed by atoms with Crippen LogP contribution in [0.2, 0.25) is 5.02 Å². The van der Waals surface area contributed by atoms with Gasteiger partial charge in [-0.25, -0.2) is 0 Å². The van der Waals surface area contributed by atoms with E-state index in [0.717, 1.165) is 30.3 Å². The van der Waals surface area contributed by atoms with Gasteiger partial charge in [-0.05, 0) is 24.1 Å². The standard InChI is InChI=1S/C16H18ClN3OS/c17-14-5-2-1-4-13(14)15-6-9-19(10-11-22-15)16(21)12-20-8-3-7-18-20/h1-5,7-8,15H,6,9-12H2/t15-/m0/s1. The average Bonchev–Trinajstić information content (AvgIpc) is 2.90. The normalized spacial score (nSPS) is 19.0. The number of nitrogens with zero attached hydrogens (tertiary/aromatic N) is 3. The fourth-order valence-electron chi connectivity index (χ4n) is 2.64. The van der Waals surface area contributed by atoms with Crippen LogP contribution in [0.4, 0.5) is 0 Å². The van der Waals surface area contributed by atoms with Crippen molar-refractivity contribution in [1.29, 1.82) is 0 Å². The van der Waals surface area contributed by atoms with Crippen molar-refractivity contribution in [3.63, 3.8) is 0 Å². The van der Waals surface area contributed by atoms with Gasteiger partial charge in [0.1, 0.15) is 6.54 Å². The van der Waals surface area contributed by atoms with Crippen molar-refractivity contribution in [3.05, 3.63) is 53.3 Å². The van der Waals surface area contributed by atoms with E-state index in [1.165, 1.54) is 5.56 Å². The van der Waals surface area contributed by atoms with Crippen LogP contribution in [0.5, 0.6) is 0 Å². The molecule has 1 fully saturated rings. The monoisotopic (exact) mass is 335 g/mol. The summed E-state index contributed by atoms with van der Waals surface area (Å²) in [5.41, 5.74) is 1.18. The Morgan fingerprint density at radius 3 is 2.95 bits per heavy atom. The van der Waals surface area contributed by atoms with Gasteiger partial charge < -0.3 is 4.90 Å². The van der Waals surface area contributed by atoms with E-state index in [1.807, 2.05) is 47.1 Å². The SMILES string of the molecule is O=C(Cn1cccn1)N1CCS[C@H](c2ccccc2Cl)CC1. The molecule has 0 bridgehead atoms. The highest BCUT2D eigenvalue weighted by molar-refractivity contribution is 7.99. The van der Waals surface area contributed by atoms with Gasteiger partial charge >= 0.3 is 0 Å². The number of hydrogen-bond acceptors (Lipinski definition) is 3. The summed E-state index contributed by atoms with van der Waals surface area (Å²) in [5.74, 6) is 1.06. The summed E-state index contributed by atoms with van der Waals surface area (Å²) in [6.45, 7) is 1.86. The molecule has 1 aliphatic heterocycles. The first-order valence-electron chi connectivity index (χ1n) is 7.35. The van der Waals surface area contributed by atoms with E-state index >= 15 is 0 Å². The van der Waals surface area contributed by atoms with Crippen LogP contribution in [0.1, 0.15) is 17.2 Å². The van der Waals surface area contributed by atoms with Gasteiger partial charge in [0.2, 0.25) is 5.91 Å². The third kappa shape index (κ3) is 3.65. The van der Waals surface area contributed by atoms with Gasteiger partial charge in [0.05, 0.1) is 0 Å². The Balaban J connectivity index is 1.62. The van der Waals surface area contributed by atoms with E-state index in [0.29, 0.717) is 11.8 Å². The van der Waals surface area contributed by atoms with E-state index < -0.39 is 0 Å². The van der Waals surface area contributed by atoms with Gasteiger partial charge in [0.15, 0.2) is 0 Å². The van der Waals surface area contributed by atoms with Crippen molar-refractivity contribution in [2.45, 2.75) is 18.2 Å². The lowest BCUT2D eigenvalue weighted by atomic mass is 10.1. The number of carbonyl (C=O) groups excluding carboxylic acids is 1. The molecule has 1 aliphatic rings. The van der Waals surface area contributed by atoms with Crippen LogP contribution in [0.15, 0.2) is 42.7 Å². The van der Waals surface area contributed by atoms with Crippen LogP contribution in [0, 0.1) is 0 Å². The predicted molar refractivity (Wildman–Crippen MR) is 90.1 cm³/mol. The van der Waals surface area contributed by atoms with Crippen LogP contribution in [0.25, 0.3) is 0 Å². The number of benzene rings is 1. The molecule has 2 aromatic rings. The molecular weight excluding hydrogens is 318 g/mol. The molecule has 0 aliphatic carbocycles. The van der Waals surface area contributed by atoms with Crippen molar-refractivity contribution < 1.29 is 4.79 Å². The second-order valence-corrected chi connectivity index (χ2v) is 6.97. The quantitative estimate of drug-likeness (QED) is 0.864. The Morgan fingerprint density at radius 1 is 1.32 bits per heavy atom. The number of halogens is 1. The Kier molecular flexibility index (Phi) is 5.05. The molecular formula is C16H18ClN3OS. The van der Waals surface area contributed by atoms with Crippen molar-refractivity contribution in [2.75, 3.05) is 18.8 Å². The Bertz CT molecular complexity index is 632. The first kappa shape index (κ1) is 15.4. The largest absolute Gasteiger partial charge is 0.340 e. The molecule has 22 heavy (non-hydrogen) atoms. The minimum absolute atomic E-state index is 0.129. The maximum Gasteiger partial charge on any atom is 0.244 e. The topological polar surface area (TPSA) is 38.1 Å². The van der Waals surface area contributed by atoms with Crippen LogP contribution in [0.3, 0.4) is 0 Å². The van der Waals surface area contributed by atoms with Crippen LogP contribution in [-0.2, 0) is 11.3 Å². The summed E-state index contributed by atoms with van der Waals surface area (Å²) in [5, 5.41) is 5.27. The zero-order valence-corrected chi connectivity index (χ0v) is 13.8. The lowest BCUT2D eigenvalue weighted by molar-refractivity contribution is -0.131. The summed E-state index contributed by atoms with van der Waals surface area (Å²) in [6, 6.07) is 9.82. The van der Waals surface area contributed by atoms with E-state index in [2.05, 4.69) is 11.2 Å².